The number of aromatic nitrogens is 1. The number of ether oxygens (including phenoxy) is 1. The van der Waals surface area contributed by atoms with Crippen LogP contribution in [-0.4, -0.2) is 56.2 Å². The van der Waals surface area contributed by atoms with E-state index in [1.807, 2.05) is 0 Å². The highest BCUT2D eigenvalue weighted by Crippen LogP contribution is 2.37. The van der Waals surface area contributed by atoms with Crippen LogP contribution >= 0.6 is 0 Å². The van der Waals surface area contributed by atoms with E-state index in [2.05, 4.69) is 4.98 Å². The molecule has 2 rings (SSSR count). The Bertz CT molecular complexity index is 496. The molecular weight excluding hydrogens is 256 g/mol. The van der Waals surface area contributed by atoms with Crippen LogP contribution in [0.25, 0.3) is 0 Å². The summed E-state index contributed by atoms with van der Waals surface area (Å²) in [6, 6.07) is 1.20. The van der Waals surface area contributed by atoms with Crippen molar-refractivity contribution in [3.8, 4) is 0 Å². The molecule has 1 fully saturated rings. The third kappa shape index (κ3) is 2.20. The second-order valence-electron chi connectivity index (χ2n) is 4.30. The number of amides is 1. The Kier molecular flexibility index (Phi) is 3.52. The molecule has 19 heavy (non-hydrogen) atoms. The second-order valence-corrected chi connectivity index (χ2v) is 4.30. The van der Waals surface area contributed by atoms with Crippen molar-refractivity contribution >= 4 is 5.91 Å². The number of carbonyl (C=O) groups excluding carboxylic acids is 1. The van der Waals surface area contributed by atoms with E-state index in [0.717, 1.165) is 0 Å². The molecule has 0 aliphatic carbocycles. The van der Waals surface area contributed by atoms with Crippen molar-refractivity contribution in [2.75, 3.05) is 6.61 Å². The van der Waals surface area contributed by atoms with Crippen LogP contribution in [0.1, 0.15) is 15.9 Å². The number of pyridine rings is 1. The first-order valence-corrected chi connectivity index (χ1v) is 5.52. The van der Waals surface area contributed by atoms with Gasteiger partial charge in [0.2, 0.25) is 11.7 Å². The highest BCUT2D eigenvalue weighted by atomic mass is 16.7. The fraction of sp³-hybridized carbons (Fsp3) is 0.455. The normalized spacial score (nSPS) is 34.4. The van der Waals surface area contributed by atoms with Gasteiger partial charge in [-0.05, 0) is 6.07 Å². The maximum absolute atomic E-state index is 11.0. The monoisotopic (exact) mass is 270 g/mol. The summed E-state index contributed by atoms with van der Waals surface area (Å²) in [4.78, 5) is 14.8. The summed E-state index contributed by atoms with van der Waals surface area (Å²) in [7, 11) is 0. The van der Waals surface area contributed by atoms with Crippen molar-refractivity contribution in [2.24, 2.45) is 5.73 Å². The minimum Gasteiger partial charge on any atom is -0.394 e. The molecule has 1 aliphatic heterocycles. The van der Waals surface area contributed by atoms with Crippen LogP contribution in [0.3, 0.4) is 0 Å². The van der Waals surface area contributed by atoms with Gasteiger partial charge in [-0.25, -0.2) is 0 Å². The van der Waals surface area contributed by atoms with Gasteiger partial charge in [0.15, 0.2) is 0 Å². The minimum atomic E-state index is -2.26. The molecule has 2 heterocycles. The number of hydrogen-bond acceptors (Lipinski definition) is 7. The molecule has 0 aromatic carbocycles. The van der Waals surface area contributed by atoms with E-state index in [-0.39, 0.29) is 11.1 Å². The van der Waals surface area contributed by atoms with E-state index in [0.29, 0.717) is 0 Å². The van der Waals surface area contributed by atoms with E-state index in [4.69, 9.17) is 15.6 Å². The zero-order chi connectivity index (χ0) is 14.2. The van der Waals surface area contributed by atoms with E-state index >= 15 is 0 Å². The Morgan fingerprint density at radius 2 is 2.16 bits per heavy atom. The van der Waals surface area contributed by atoms with Crippen molar-refractivity contribution < 1.29 is 30.0 Å². The number of aliphatic hydroxyl groups excluding tert-OH is 3. The Labute approximate surface area is 108 Å². The lowest BCUT2D eigenvalue weighted by molar-refractivity contribution is -0.240. The molecule has 1 amide bonds. The van der Waals surface area contributed by atoms with Gasteiger partial charge in [-0.1, -0.05) is 0 Å². The summed E-state index contributed by atoms with van der Waals surface area (Å²) in [5, 5.41) is 38.7. The Hall–Kier alpha value is -1.58. The number of rotatable bonds is 3. The van der Waals surface area contributed by atoms with Crippen LogP contribution in [0.2, 0.25) is 0 Å². The first kappa shape index (κ1) is 13.8. The highest BCUT2D eigenvalue weighted by Gasteiger charge is 2.54. The zero-order valence-electron chi connectivity index (χ0n) is 9.80. The predicted molar refractivity (Wildman–Crippen MR) is 60.6 cm³/mol. The van der Waals surface area contributed by atoms with Gasteiger partial charge in [0, 0.05) is 18.0 Å². The highest BCUT2D eigenvalue weighted by molar-refractivity contribution is 5.92. The van der Waals surface area contributed by atoms with Crippen molar-refractivity contribution in [3.63, 3.8) is 0 Å². The molecule has 4 atom stereocenters. The Morgan fingerprint density at radius 1 is 1.47 bits per heavy atom. The largest absolute Gasteiger partial charge is 0.394 e. The summed E-state index contributed by atoms with van der Waals surface area (Å²) in [6.45, 7) is -0.580. The van der Waals surface area contributed by atoms with Gasteiger partial charge in [-0.2, -0.15) is 0 Å². The summed E-state index contributed by atoms with van der Waals surface area (Å²) in [5.74, 6) is -3.02. The number of hydrogen-bond donors (Lipinski definition) is 5. The van der Waals surface area contributed by atoms with E-state index < -0.39 is 36.6 Å². The molecule has 6 N–H and O–H groups in total. The number of aliphatic hydroxyl groups is 4. The van der Waals surface area contributed by atoms with Crippen molar-refractivity contribution in [3.05, 3.63) is 29.6 Å². The molecule has 1 aromatic heterocycles. The molecule has 1 aromatic rings. The first-order valence-electron chi connectivity index (χ1n) is 5.52. The van der Waals surface area contributed by atoms with Crippen LogP contribution in [0.15, 0.2) is 18.5 Å². The number of carbonyl (C=O) groups is 1. The van der Waals surface area contributed by atoms with Crippen molar-refractivity contribution in [1.29, 1.82) is 0 Å². The average Bonchev–Trinajstić information content (AvgIpc) is 2.64. The lowest BCUT2D eigenvalue weighted by Gasteiger charge is -2.26. The topological polar surface area (TPSA) is 146 Å². The fourth-order valence-corrected chi connectivity index (χ4v) is 1.96. The molecule has 0 radical (unpaired) electrons. The van der Waals surface area contributed by atoms with Crippen molar-refractivity contribution in [2.45, 2.75) is 24.1 Å². The van der Waals surface area contributed by atoms with E-state index in [9.17, 15) is 20.1 Å². The maximum Gasteiger partial charge on any atom is 0.250 e. The summed E-state index contributed by atoms with van der Waals surface area (Å²) < 4.78 is 5.06. The molecule has 1 saturated heterocycles. The van der Waals surface area contributed by atoms with Crippen molar-refractivity contribution in [1.82, 2.24) is 4.98 Å². The quantitative estimate of drug-likeness (QED) is 0.406. The Balaban J connectivity index is 2.40. The van der Waals surface area contributed by atoms with Gasteiger partial charge in [0.05, 0.1) is 12.2 Å². The minimum absolute atomic E-state index is 0.0173. The zero-order valence-corrected chi connectivity index (χ0v) is 9.80. The molecule has 1 aliphatic rings. The lowest BCUT2D eigenvalue weighted by Crippen LogP contribution is -2.41. The fourth-order valence-electron chi connectivity index (χ4n) is 1.96. The SMILES string of the molecule is NC(=O)c1cncc([C@]2(O)O[C@H](CO)[C@@H](O)[C@H]2O)c1. The van der Waals surface area contributed by atoms with Crippen LogP contribution in [-0.2, 0) is 10.5 Å². The summed E-state index contributed by atoms with van der Waals surface area (Å²) >= 11 is 0. The van der Waals surface area contributed by atoms with Gasteiger partial charge in [0.25, 0.3) is 0 Å². The standard InChI is InChI=1S/C11H14N2O6/c12-10(17)5-1-6(3-13-2-5)11(18)9(16)8(15)7(4-14)19-11/h1-3,7-9,14-16,18H,4H2,(H2,12,17)/t7-,8-,9-,11+/m1/s1. The molecular formula is C11H14N2O6. The van der Waals surface area contributed by atoms with E-state index in [1.54, 1.807) is 0 Å². The molecule has 0 unspecified atom stereocenters. The predicted octanol–water partition coefficient (Wildman–Crippen LogP) is -2.56. The van der Waals surface area contributed by atoms with Crippen LogP contribution < -0.4 is 5.73 Å². The first-order chi connectivity index (χ1) is 8.90. The summed E-state index contributed by atoms with van der Waals surface area (Å²) in [5.41, 5.74) is 5.07. The van der Waals surface area contributed by atoms with Gasteiger partial charge in [-0.3, -0.25) is 9.78 Å². The molecule has 104 valence electrons. The van der Waals surface area contributed by atoms with Gasteiger partial charge in [0.1, 0.15) is 18.3 Å². The molecule has 0 saturated carbocycles. The van der Waals surface area contributed by atoms with Crippen LogP contribution in [0.5, 0.6) is 0 Å². The molecule has 0 spiro atoms. The maximum atomic E-state index is 11.0. The second kappa shape index (κ2) is 4.83. The Morgan fingerprint density at radius 3 is 2.68 bits per heavy atom. The van der Waals surface area contributed by atoms with Crippen LogP contribution in [0.4, 0.5) is 0 Å². The lowest BCUT2D eigenvalue weighted by atomic mass is 9.98. The average molecular weight is 270 g/mol. The number of nitrogens with zero attached hydrogens (tertiary/aromatic N) is 1. The van der Waals surface area contributed by atoms with Crippen LogP contribution in [0, 0.1) is 0 Å². The number of nitrogens with two attached hydrogens (primary N) is 1. The smallest absolute Gasteiger partial charge is 0.250 e. The molecule has 8 nitrogen and oxygen atoms in total. The van der Waals surface area contributed by atoms with E-state index in [1.165, 1.54) is 18.5 Å². The number of primary amides is 1. The molecule has 8 heteroatoms. The van der Waals surface area contributed by atoms with Gasteiger partial charge < -0.3 is 30.9 Å². The summed E-state index contributed by atoms with van der Waals surface area (Å²) in [6.07, 6.45) is -1.93. The third-order valence-corrected chi connectivity index (χ3v) is 3.05. The molecule has 0 bridgehead atoms. The van der Waals surface area contributed by atoms with Gasteiger partial charge >= 0.3 is 0 Å². The third-order valence-electron chi connectivity index (χ3n) is 3.05. The van der Waals surface area contributed by atoms with Gasteiger partial charge in [-0.15, -0.1) is 0 Å².